The predicted molar refractivity (Wildman–Crippen MR) is 149 cm³/mol. The van der Waals surface area contributed by atoms with Gasteiger partial charge in [-0.1, -0.05) is 24.0 Å². The van der Waals surface area contributed by atoms with Gasteiger partial charge in [0.2, 0.25) is 5.04 Å². The molecule has 2 aliphatic rings. The number of methoxy groups -OCH3 is 1. The van der Waals surface area contributed by atoms with Crippen LogP contribution in [-0.4, -0.2) is 41.7 Å². The highest BCUT2D eigenvalue weighted by atomic mass is 32.2. The molecule has 0 radical (unpaired) electrons. The molecule has 0 spiro atoms. The van der Waals surface area contributed by atoms with Crippen molar-refractivity contribution in [2.75, 3.05) is 7.11 Å². The summed E-state index contributed by atoms with van der Waals surface area (Å²) in [6, 6.07) is 9.52. The highest BCUT2D eigenvalue weighted by Gasteiger charge is 2.35. The number of nitrogens with one attached hydrogen (secondary N) is 1. The van der Waals surface area contributed by atoms with E-state index < -0.39 is 17.6 Å². The van der Waals surface area contributed by atoms with Crippen molar-refractivity contribution in [3.8, 4) is 40.2 Å². The third-order valence-electron chi connectivity index (χ3n) is 5.94. The summed E-state index contributed by atoms with van der Waals surface area (Å²) in [6.45, 7) is 0.0117. The van der Waals surface area contributed by atoms with E-state index in [2.05, 4.69) is 31.8 Å². The molecule has 2 aromatic carbocycles. The number of nitrogens with two attached hydrogens (primary N) is 1. The van der Waals surface area contributed by atoms with Gasteiger partial charge >= 0.3 is 6.18 Å². The quantitative estimate of drug-likeness (QED) is 0.136. The van der Waals surface area contributed by atoms with Gasteiger partial charge in [0.05, 0.1) is 35.8 Å². The lowest BCUT2D eigenvalue weighted by atomic mass is 10.1. The van der Waals surface area contributed by atoms with Crippen molar-refractivity contribution in [2.24, 2.45) is 0 Å². The Morgan fingerprint density at radius 2 is 1.86 bits per heavy atom. The van der Waals surface area contributed by atoms with E-state index in [0.717, 1.165) is 6.07 Å². The molecule has 8 nitrogen and oxygen atoms in total. The van der Waals surface area contributed by atoms with Crippen molar-refractivity contribution in [1.82, 2.24) is 24.5 Å². The van der Waals surface area contributed by atoms with Crippen LogP contribution in [-0.2, 0) is 12.7 Å². The molecule has 1 aromatic heterocycles. The molecule has 0 saturated heterocycles. The highest BCUT2D eigenvalue weighted by Crippen LogP contribution is 2.36. The average molecular weight is 591 g/mol. The van der Waals surface area contributed by atoms with Gasteiger partial charge in [0.15, 0.2) is 0 Å². The van der Waals surface area contributed by atoms with E-state index in [4.69, 9.17) is 15.6 Å². The molecule has 210 valence electrons. The lowest BCUT2D eigenvalue weighted by Crippen LogP contribution is -2.41. The number of nitrogens with zero attached hydrogens (tertiary/aromatic N) is 5. The summed E-state index contributed by atoms with van der Waals surface area (Å²) in [5, 5.41) is 14.2. The second kappa shape index (κ2) is 11.8. The van der Waals surface area contributed by atoms with Gasteiger partial charge in [-0.25, -0.2) is 24.3 Å². The van der Waals surface area contributed by atoms with E-state index in [9.17, 15) is 17.6 Å². The minimum Gasteiger partial charge on any atom is -0.497 e. The summed E-state index contributed by atoms with van der Waals surface area (Å²) < 4.78 is 62.1. The summed E-state index contributed by atoms with van der Waals surface area (Å²) in [6.07, 6.45) is 2.85. The Morgan fingerprint density at radius 3 is 2.57 bits per heavy atom. The molecule has 0 amide bonds. The first-order chi connectivity index (χ1) is 20.1. The molecule has 3 N–H and O–H groups in total. The summed E-state index contributed by atoms with van der Waals surface area (Å²) in [7, 11) is 1.26. The second-order valence-electron chi connectivity index (χ2n) is 8.78. The third-order valence-corrected chi connectivity index (χ3v) is 6.76. The zero-order valence-electron chi connectivity index (χ0n) is 21.8. The number of benzene rings is 2. The maximum Gasteiger partial charge on any atom is 0.417 e. The van der Waals surface area contributed by atoms with Gasteiger partial charge < -0.3 is 9.30 Å². The van der Waals surface area contributed by atoms with Gasteiger partial charge in [0.1, 0.15) is 40.9 Å². The smallest absolute Gasteiger partial charge is 0.417 e. The van der Waals surface area contributed by atoms with Crippen LogP contribution >= 0.6 is 11.8 Å². The van der Waals surface area contributed by atoms with Crippen molar-refractivity contribution in [3.05, 3.63) is 102 Å². The minimum atomic E-state index is -4.69. The first kappa shape index (κ1) is 28.4. The molecule has 0 bridgehead atoms. The summed E-state index contributed by atoms with van der Waals surface area (Å²) in [5.74, 6) is 5.51. The highest BCUT2D eigenvalue weighted by molar-refractivity contribution is 8.26. The van der Waals surface area contributed by atoms with Crippen LogP contribution in [0.3, 0.4) is 0 Å². The van der Waals surface area contributed by atoms with Gasteiger partial charge in [0.25, 0.3) is 0 Å². The molecule has 3 aromatic rings. The van der Waals surface area contributed by atoms with E-state index >= 15 is 0 Å². The van der Waals surface area contributed by atoms with E-state index in [1.54, 1.807) is 41.4 Å². The van der Waals surface area contributed by atoms with Crippen LogP contribution in [0, 0.1) is 23.1 Å². The third kappa shape index (κ3) is 6.13. The maximum atomic E-state index is 14.8. The van der Waals surface area contributed by atoms with E-state index in [-0.39, 0.29) is 33.5 Å². The molecule has 13 heteroatoms. The number of fused-ring (bicyclic) bond motifs is 1. The zero-order chi connectivity index (χ0) is 29.9. The Bertz CT molecular complexity index is 1830. The fraction of sp³-hybridized carbons (Fsp3) is 0.103. The van der Waals surface area contributed by atoms with Gasteiger partial charge in [0, 0.05) is 29.7 Å². The molecule has 0 atom stereocenters. The van der Waals surface area contributed by atoms with E-state index in [1.165, 1.54) is 38.0 Å². The van der Waals surface area contributed by atoms with Crippen molar-refractivity contribution >= 4 is 21.8 Å². The standard InChI is InChI=1S/C29H19F4N7OS/c1-41-18-7-9-19(22(10-18)29(31,32)33)28(35)42-25(34)14-40-13-24-27(38-16-40)21(8-6-17-11-36-15-37-12-17)26(39-24)20-4-2-3-5-23(20)30/h2-5,7,9-13,15-16,34-35H,14H2,1H3/p+1. The Hall–Kier alpha value is -5.09. The van der Waals surface area contributed by atoms with Crippen LogP contribution in [0.15, 0.2) is 73.7 Å². The molecular formula is C29H20F4N7OS+. The molecule has 0 aliphatic carbocycles. The number of halogens is 4. The topological polar surface area (TPSA) is 115 Å². The number of rotatable bonds is 5. The molecule has 3 heterocycles. The van der Waals surface area contributed by atoms with Crippen LogP contribution in [0.1, 0.15) is 22.3 Å². The van der Waals surface area contributed by atoms with Crippen molar-refractivity contribution in [3.63, 3.8) is 0 Å². The van der Waals surface area contributed by atoms with E-state index in [0.29, 0.717) is 40.0 Å². The SMILES string of the molecule is COc1ccc(C(=N)SC(=[NH2+])Cn2cnc3c(C#Cc4cncnc4)c(-c4ccccc4F)nc-3c2)c(C(F)(F)F)c1. The fourth-order valence-corrected chi connectivity index (χ4v) is 4.81. The molecule has 0 fully saturated rings. The number of aromatic nitrogens is 5. The van der Waals surface area contributed by atoms with Crippen LogP contribution in [0.2, 0.25) is 0 Å². The largest absolute Gasteiger partial charge is 0.497 e. The maximum absolute atomic E-state index is 14.8. The number of thioether (sulfide) groups is 1. The molecule has 42 heavy (non-hydrogen) atoms. The number of hydrogen-bond acceptors (Lipinski definition) is 7. The van der Waals surface area contributed by atoms with Gasteiger partial charge in [-0.2, -0.15) is 13.2 Å². The minimum absolute atomic E-state index is 0.0117. The fourth-order valence-electron chi connectivity index (χ4n) is 4.05. The molecule has 2 aliphatic heterocycles. The van der Waals surface area contributed by atoms with E-state index in [1.807, 2.05) is 0 Å². The van der Waals surface area contributed by atoms with Gasteiger partial charge in [-0.3, -0.25) is 10.8 Å². The number of hydrogen-bond donors (Lipinski definition) is 2. The molecular weight excluding hydrogens is 570 g/mol. The Labute approximate surface area is 241 Å². The predicted octanol–water partition coefficient (Wildman–Crippen LogP) is 4.32. The van der Waals surface area contributed by atoms with Crippen molar-refractivity contribution in [2.45, 2.75) is 12.7 Å². The normalized spacial score (nSPS) is 11.2. The lowest BCUT2D eigenvalue weighted by Gasteiger charge is -2.14. The average Bonchev–Trinajstić information content (AvgIpc) is 3.33. The van der Waals surface area contributed by atoms with Gasteiger partial charge in [-0.05, 0) is 42.1 Å². The Morgan fingerprint density at radius 1 is 1.10 bits per heavy atom. The van der Waals surface area contributed by atoms with Crippen molar-refractivity contribution < 1.29 is 27.7 Å². The molecule has 0 saturated carbocycles. The first-order valence-electron chi connectivity index (χ1n) is 12.1. The Balaban J connectivity index is 1.44. The lowest BCUT2D eigenvalue weighted by molar-refractivity contribution is -0.137. The summed E-state index contributed by atoms with van der Waals surface area (Å²) in [5.41, 5.74) is 0.973. The first-order valence-corrected chi connectivity index (χ1v) is 13.0. The molecule has 0 unspecified atom stereocenters. The number of alkyl halides is 3. The zero-order valence-corrected chi connectivity index (χ0v) is 22.6. The summed E-state index contributed by atoms with van der Waals surface area (Å²) >= 11 is 0.694. The van der Waals surface area contributed by atoms with Crippen LogP contribution in [0.5, 0.6) is 5.75 Å². The van der Waals surface area contributed by atoms with Crippen LogP contribution < -0.4 is 10.1 Å². The van der Waals surface area contributed by atoms with Gasteiger partial charge in [-0.15, -0.1) is 0 Å². The van der Waals surface area contributed by atoms with Crippen LogP contribution in [0.4, 0.5) is 17.6 Å². The van der Waals surface area contributed by atoms with Crippen molar-refractivity contribution in [1.29, 1.82) is 5.41 Å². The second-order valence-corrected chi connectivity index (χ2v) is 9.92. The molecule has 5 rings (SSSR count). The van der Waals surface area contributed by atoms with Crippen LogP contribution in [0.25, 0.3) is 22.6 Å². The Kier molecular flexibility index (Phi) is 7.99. The number of ether oxygens (including phenoxy) is 1. The monoisotopic (exact) mass is 590 g/mol. The summed E-state index contributed by atoms with van der Waals surface area (Å²) in [4.78, 5) is 17.0.